The Bertz CT molecular complexity index is 512. The van der Waals surface area contributed by atoms with E-state index in [1.165, 1.54) is 16.5 Å². The molecule has 1 aromatic heterocycles. The summed E-state index contributed by atoms with van der Waals surface area (Å²) in [5.74, 6) is 0. The van der Waals surface area contributed by atoms with Crippen molar-refractivity contribution in [2.24, 2.45) is 0 Å². The molecule has 0 aliphatic heterocycles. The summed E-state index contributed by atoms with van der Waals surface area (Å²) in [6.07, 6.45) is 2.21. The molecular formula is C16H25N3. The molecule has 2 aromatic rings. The minimum atomic E-state index is 0.931. The Labute approximate surface area is 116 Å². The maximum atomic E-state index is 3.20. The molecule has 1 heterocycles. The lowest BCUT2D eigenvalue weighted by Crippen LogP contribution is -2.26. The number of rotatable bonds is 7. The molecule has 0 aliphatic carbocycles. The summed E-state index contributed by atoms with van der Waals surface area (Å²) >= 11 is 0. The minimum absolute atomic E-state index is 0.931. The molecule has 19 heavy (non-hydrogen) atoms. The van der Waals surface area contributed by atoms with Crippen LogP contribution in [0, 0.1) is 0 Å². The molecular weight excluding hydrogens is 234 g/mol. The summed E-state index contributed by atoms with van der Waals surface area (Å²) in [5.41, 5.74) is 2.68. The second-order valence-electron chi connectivity index (χ2n) is 4.96. The molecule has 104 valence electrons. The Morgan fingerprint density at radius 3 is 2.63 bits per heavy atom. The van der Waals surface area contributed by atoms with Gasteiger partial charge in [0.25, 0.3) is 0 Å². The first-order valence-electron chi connectivity index (χ1n) is 7.23. The molecule has 1 N–H and O–H groups in total. The topological polar surface area (TPSA) is 20.2 Å². The van der Waals surface area contributed by atoms with E-state index in [9.17, 15) is 0 Å². The van der Waals surface area contributed by atoms with E-state index in [1.54, 1.807) is 0 Å². The van der Waals surface area contributed by atoms with Gasteiger partial charge in [-0.15, -0.1) is 0 Å². The maximum absolute atomic E-state index is 3.20. The van der Waals surface area contributed by atoms with Crippen LogP contribution >= 0.6 is 0 Å². The number of likely N-dealkylation sites (N-methyl/N-ethyl adjacent to an activating group) is 1. The van der Waals surface area contributed by atoms with Gasteiger partial charge in [-0.2, -0.15) is 0 Å². The zero-order valence-corrected chi connectivity index (χ0v) is 12.3. The lowest BCUT2D eigenvalue weighted by atomic mass is 10.1. The second-order valence-corrected chi connectivity index (χ2v) is 4.96. The fourth-order valence-electron chi connectivity index (χ4n) is 2.55. The van der Waals surface area contributed by atoms with Crippen molar-refractivity contribution in [1.82, 2.24) is 14.8 Å². The Morgan fingerprint density at radius 1 is 1.16 bits per heavy atom. The highest BCUT2D eigenvalue weighted by Gasteiger charge is 2.04. The van der Waals surface area contributed by atoms with Crippen LogP contribution in [0.25, 0.3) is 10.9 Å². The monoisotopic (exact) mass is 259 g/mol. The quantitative estimate of drug-likeness (QED) is 0.825. The van der Waals surface area contributed by atoms with E-state index >= 15 is 0 Å². The summed E-state index contributed by atoms with van der Waals surface area (Å²) in [5, 5.41) is 4.54. The number of fused-ring (bicyclic) bond motifs is 1. The van der Waals surface area contributed by atoms with Crippen LogP contribution in [0.4, 0.5) is 0 Å². The fourth-order valence-corrected chi connectivity index (χ4v) is 2.55. The van der Waals surface area contributed by atoms with Crippen molar-refractivity contribution in [1.29, 1.82) is 0 Å². The van der Waals surface area contributed by atoms with E-state index in [0.29, 0.717) is 0 Å². The van der Waals surface area contributed by atoms with Crippen molar-refractivity contribution >= 4 is 10.9 Å². The Balaban J connectivity index is 2.12. The molecule has 0 saturated carbocycles. The van der Waals surface area contributed by atoms with E-state index < -0.39 is 0 Å². The first-order valence-corrected chi connectivity index (χ1v) is 7.23. The fraction of sp³-hybridized carbons (Fsp3) is 0.500. The van der Waals surface area contributed by atoms with Crippen molar-refractivity contribution in [2.45, 2.75) is 26.9 Å². The highest BCUT2D eigenvalue weighted by Crippen LogP contribution is 2.17. The molecule has 2 rings (SSSR count). The molecule has 0 bridgehead atoms. The molecule has 0 spiro atoms. The van der Waals surface area contributed by atoms with E-state index in [4.69, 9.17) is 0 Å². The van der Waals surface area contributed by atoms with Crippen molar-refractivity contribution in [3.05, 3.63) is 36.0 Å². The van der Waals surface area contributed by atoms with Gasteiger partial charge in [0.2, 0.25) is 0 Å². The smallest absolute Gasteiger partial charge is 0.0480 e. The third-order valence-electron chi connectivity index (χ3n) is 3.77. The van der Waals surface area contributed by atoms with Gasteiger partial charge in [-0.1, -0.05) is 19.9 Å². The predicted molar refractivity (Wildman–Crippen MR) is 82.5 cm³/mol. The summed E-state index contributed by atoms with van der Waals surface area (Å²) in [4.78, 5) is 2.46. The third-order valence-corrected chi connectivity index (χ3v) is 3.77. The first kappa shape index (κ1) is 14.1. The number of aromatic nitrogens is 1. The molecule has 0 saturated heterocycles. The predicted octanol–water partition coefficient (Wildman–Crippen LogP) is 2.70. The molecule has 0 atom stereocenters. The van der Waals surface area contributed by atoms with Gasteiger partial charge in [-0.05, 0) is 49.3 Å². The van der Waals surface area contributed by atoms with E-state index in [1.807, 2.05) is 7.05 Å². The van der Waals surface area contributed by atoms with E-state index in [0.717, 1.165) is 32.7 Å². The van der Waals surface area contributed by atoms with Gasteiger partial charge in [0.1, 0.15) is 0 Å². The summed E-state index contributed by atoms with van der Waals surface area (Å²) in [7, 11) is 1.99. The van der Waals surface area contributed by atoms with Gasteiger partial charge in [-0.3, -0.25) is 0 Å². The lowest BCUT2D eigenvalue weighted by molar-refractivity contribution is 0.292. The largest absolute Gasteiger partial charge is 0.346 e. The Morgan fingerprint density at radius 2 is 1.95 bits per heavy atom. The van der Waals surface area contributed by atoms with Crippen LogP contribution in [0.2, 0.25) is 0 Å². The average molecular weight is 259 g/mol. The lowest BCUT2D eigenvalue weighted by Gasteiger charge is -2.18. The van der Waals surface area contributed by atoms with Crippen LogP contribution < -0.4 is 5.32 Å². The second kappa shape index (κ2) is 6.73. The van der Waals surface area contributed by atoms with Crippen LogP contribution in [0.15, 0.2) is 30.5 Å². The van der Waals surface area contributed by atoms with Crippen LogP contribution in [-0.4, -0.2) is 36.1 Å². The zero-order chi connectivity index (χ0) is 13.7. The van der Waals surface area contributed by atoms with Crippen LogP contribution in [0.3, 0.4) is 0 Å². The molecule has 0 aliphatic rings. The number of nitrogens with one attached hydrogen (secondary N) is 1. The van der Waals surface area contributed by atoms with Crippen LogP contribution in [0.5, 0.6) is 0 Å². The van der Waals surface area contributed by atoms with E-state index in [2.05, 4.69) is 59.1 Å². The SMILES string of the molecule is CCN(CC)CCn1ccc2cc(CNC)ccc21. The molecule has 1 aromatic carbocycles. The highest BCUT2D eigenvalue weighted by atomic mass is 15.1. The number of nitrogens with zero attached hydrogens (tertiary/aromatic N) is 2. The van der Waals surface area contributed by atoms with Crippen molar-refractivity contribution in [3.63, 3.8) is 0 Å². The number of benzene rings is 1. The molecule has 0 amide bonds. The van der Waals surface area contributed by atoms with Gasteiger partial charge in [-0.25, -0.2) is 0 Å². The zero-order valence-electron chi connectivity index (χ0n) is 12.3. The van der Waals surface area contributed by atoms with Crippen LogP contribution in [0.1, 0.15) is 19.4 Å². The molecule has 0 radical (unpaired) electrons. The first-order chi connectivity index (χ1) is 9.28. The average Bonchev–Trinajstić information content (AvgIpc) is 2.83. The summed E-state index contributed by atoms with van der Waals surface area (Å²) in [6.45, 7) is 9.82. The standard InChI is InChI=1S/C16H25N3/c1-4-18(5-2)10-11-19-9-8-15-12-14(13-17-3)6-7-16(15)19/h6-9,12,17H,4-5,10-11,13H2,1-3H3. The third kappa shape index (κ3) is 3.37. The molecule has 0 fully saturated rings. The summed E-state index contributed by atoms with van der Waals surface area (Å²) in [6, 6.07) is 8.95. The van der Waals surface area contributed by atoms with Gasteiger partial charge in [0.05, 0.1) is 0 Å². The van der Waals surface area contributed by atoms with Crippen molar-refractivity contribution < 1.29 is 0 Å². The van der Waals surface area contributed by atoms with Crippen molar-refractivity contribution in [3.8, 4) is 0 Å². The van der Waals surface area contributed by atoms with Crippen molar-refractivity contribution in [2.75, 3.05) is 26.7 Å². The Hall–Kier alpha value is -1.32. The Kier molecular flexibility index (Phi) is 5.00. The van der Waals surface area contributed by atoms with Gasteiger partial charge < -0.3 is 14.8 Å². The number of hydrogen-bond acceptors (Lipinski definition) is 2. The van der Waals surface area contributed by atoms with Gasteiger partial charge in [0.15, 0.2) is 0 Å². The highest BCUT2D eigenvalue weighted by molar-refractivity contribution is 5.80. The van der Waals surface area contributed by atoms with Gasteiger partial charge >= 0.3 is 0 Å². The summed E-state index contributed by atoms with van der Waals surface area (Å²) < 4.78 is 2.36. The van der Waals surface area contributed by atoms with E-state index in [-0.39, 0.29) is 0 Å². The molecule has 3 nitrogen and oxygen atoms in total. The molecule has 0 unspecified atom stereocenters. The normalized spacial score (nSPS) is 11.6. The minimum Gasteiger partial charge on any atom is -0.346 e. The van der Waals surface area contributed by atoms with Crippen LogP contribution in [-0.2, 0) is 13.1 Å². The maximum Gasteiger partial charge on any atom is 0.0480 e. The molecule has 3 heteroatoms. The number of hydrogen-bond donors (Lipinski definition) is 1. The van der Waals surface area contributed by atoms with Gasteiger partial charge in [0, 0.05) is 31.3 Å².